The molecule has 2 N–H and O–H groups in total. The molecule has 0 unspecified atom stereocenters. The standard InChI is InChI=1S/C12H21N3S.ClH/c1-3-12(2)4-6-15(7-5-12)9-10-8-14-11(13)16-10;/h8H,3-7,9H2,1-2H3,(H2,13,14);1H. The number of piperidine rings is 1. The fourth-order valence-electron chi connectivity index (χ4n) is 2.22. The molecule has 17 heavy (non-hydrogen) atoms. The fourth-order valence-corrected chi connectivity index (χ4v) is 2.95. The summed E-state index contributed by atoms with van der Waals surface area (Å²) in [5.41, 5.74) is 6.21. The minimum absolute atomic E-state index is 0. The highest BCUT2D eigenvalue weighted by atomic mass is 35.5. The molecule has 1 aliphatic rings. The molecule has 1 saturated heterocycles. The van der Waals surface area contributed by atoms with Gasteiger partial charge in [0.05, 0.1) is 0 Å². The Morgan fingerprint density at radius 1 is 1.47 bits per heavy atom. The predicted octanol–water partition coefficient (Wildman–Crippen LogP) is 3.16. The van der Waals surface area contributed by atoms with Gasteiger partial charge in [-0.15, -0.1) is 23.7 Å². The number of nitrogens with two attached hydrogens (primary N) is 1. The molecule has 1 aliphatic heterocycles. The maximum Gasteiger partial charge on any atom is 0.180 e. The Balaban J connectivity index is 0.00000144. The van der Waals surface area contributed by atoms with E-state index >= 15 is 0 Å². The lowest BCUT2D eigenvalue weighted by Gasteiger charge is -2.38. The minimum Gasteiger partial charge on any atom is -0.375 e. The summed E-state index contributed by atoms with van der Waals surface area (Å²) in [5, 5.41) is 0.686. The smallest absolute Gasteiger partial charge is 0.180 e. The second-order valence-corrected chi connectivity index (χ2v) is 6.25. The van der Waals surface area contributed by atoms with Crippen molar-refractivity contribution < 1.29 is 0 Å². The Kier molecular flexibility index (Phi) is 5.22. The normalized spacial score (nSPS) is 19.9. The summed E-state index contributed by atoms with van der Waals surface area (Å²) in [4.78, 5) is 7.90. The summed E-state index contributed by atoms with van der Waals surface area (Å²) < 4.78 is 0. The van der Waals surface area contributed by atoms with Gasteiger partial charge < -0.3 is 5.73 Å². The van der Waals surface area contributed by atoms with Crippen molar-refractivity contribution in [2.45, 2.75) is 39.7 Å². The number of nitrogens with zero attached hydrogens (tertiary/aromatic N) is 2. The first-order valence-electron chi connectivity index (χ1n) is 6.04. The van der Waals surface area contributed by atoms with E-state index in [0.717, 1.165) is 6.54 Å². The first-order valence-corrected chi connectivity index (χ1v) is 6.85. The van der Waals surface area contributed by atoms with Gasteiger partial charge in [0.2, 0.25) is 0 Å². The molecule has 0 aliphatic carbocycles. The molecule has 0 aromatic carbocycles. The highest BCUT2D eigenvalue weighted by Gasteiger charge is 2.28. The lowest BCUT2D eigenvalue weighted by Crippen LogP contribution is -2.37. The zero-order valence-corrected chi connectivity index (χ0v) is 12.2. The van der Waals surface area contributed by atoms with Gasteiger partial charge in [-0.1, -0.05) is 20.3 Å². The first-order chi connectivity index (χ1) is 7.61. The fraction of sp³-hybridized carbons (Fsp3) is 0.750. The molecule has 3 nitrogen and oxygen atoms in total. The SMILES string of the molecule is CCC1(C)CCN(Cc2cnc(N)s2)CC1.Cl. The van der Waals surface area contributed by atoms with E-state index in [1.165, 1.54) is 37.2 Å². The van der Waals surface area contributed by atoms with Crippen molar-refractivity contribution >= 4 is 28.9 Å². The lowest BCUT2D eigenvalue weighted by molar-refractivity contribution is 0.110. The summed E-state index contributed by atoms with van der Waals surface area (Å²) in [6, 6.07) is 0. The van der Waals surface area contributed by atoms with Crippen LogP contribution >= 0.6 is 23.7 Å². The third kappa shape index (κ3) is 3.83. The van der Waals surface area contributed by atoms with E-state index in [2.05, 4.69) is 23.7 Å². The Labute approximate surface area is 114 Å². The number of likely N-dealkylation sites (tertiary alicyclic amines) is 1. The van der Waals surface area contributed by atoms with E-state index in [9.17, 15) is 0 Å². The monoisotopic (exact) mass is 275 g/mol. The van der Waals surface area contributed by atoms with E-state index in [-0.39, 0.29) is 12.4 Å². The van der Waals surface area contributed by atoms with E-state index < -0.39 is 0 Å². The topological polar surface area (TPSA) is 42.2 Å². The van der Waals surface area contributed by atoms with Crippen molar-refractivity contribution in [3.05, 3.63) is 11.1 Å². The van der Waals surface area contributed by atoms with Gasteiger partial charge in [0.15, 0.2) is 5.13 Å². The van der Waals surface area contributed by atoms with Crippen LogP contribution < -0.4 is 5.73 Å². The van der Waals surface area contributed by atoms with Crippen molar-refractivity contribution in [2.24, 2.45) is 5.41 Å². The van der Waals surface area contributed by atoms with E-state index in [4.69, 9.17) is 5.73 Å². The number of thiazole rings is 1. The zero-order chi connectivity index (χ0) is 11.6. The number of anilines is 1. The zero-order valence-electron chi connectivity index (χ0n) is 10.6. The average molecular weight is 276 g/mol. The van der Waals surface area contributed by atoms with Gasteiger partial charge in [0.25, 0.3) is 0 Å². The number of hydrogen-bond acceptors (Lipinski definition) is 4. The molecule has 0 bridgehead atoms. The number of rotatable bonds is 3. The number of halogens is 1. The molecule has 0 saturated carbocycles. The van der Waals surface area contributed by atoms with Crippen LogP contribution in [0.25, 0.3) is 0 Å². The van der Waals surface area contributed by atoms with E-state index in [1.54, 1.807) is 11.3 Å². The molecule has 5 heteroatoms. The molecule has 0 radical (unpaired) electrons. The van der Waals surface area contributed by atoms with Crippen LogP contribution in [0.15, 0.2) is 6.20 Å². The molecule has 1 aromatic heterocycles. The predicted molar refractivity (Wildman–Crippen MR) is 76.7 cm³/mol. The minimum atomic E-state index is 0. The van der Waals surface area contributed by atoms with Crippen LogP contribution in [0.2, 0.25) is 0 Å². The molecule has 2 rings (SSSR count). The van der Waals surface area contributed by atoms with Crippen LogP contribution in [-0.2, 0) is 6.54 Å². The van der Waals surface area contributed by atoms with E-state index in [1.807, 2.05) is 6.20 Å². The third-order valence-electron chi connectivity index (χ3n) is 3.87. The number of nitrogen functional groups attached to an aromatic ring is 1. The molecular weight excluding hydrogens is 254 g/mol. The molecule has 1 fully saturated rings. The van der Waals surface area contributed by atoms with Gasteiger partial charge in [-0.2, -0.15) is 0 Å². The molecular formula is C12H22ClN3S. The van der Waals surface area contributed by atoms with Crippen LogP contribution in [0.4, 0.5) is 5.13 Å². The number of hydrogen-bond donors (Lipinski definition) is 1. The van der Waals surface area contributed by atoms with Crippen molar-refractivity contribution in [1.29, 1.82) is 0 Å². The maximum atomic E-state index is 5.64. The summed E-state index contributed by atoms with van der Waals surface area (Å²) in [6.07, 6.45) is 5.84. The van der Waals surface area contributed by atoms with Crippen molar-refractivity contribution in [3.8, 4) is 0 Å². The largest absolute Gasteiger partial charge is 0.375 e. The summed E-state index contributed by atoms with van der Waals surface area (Å²) in [6.45, 7) is 8.16. The first kappa shape index (κ1) is 14.7. The summed E-state index contributed by atoms with van der Waals surface area (Å²) in [7, 11) is 0. The Morgan fingerprint density at radius 2 is 2.12 bits per heavy atom. The van der Waals surface area contributed by atoms with Gasteiger partial charge in [0, 0.05) is 17.6 Å². The van der Waals surface area contributed by atoms with Gasteiger partial charge in [-0.05, 0) is 31.3 Å². The molecule has 2 heterocycles. The lowest BCUT2D eigenvalue weighted by atomic mass is 9.78. The van der Waals surface area contributed by atoms with Gasteiger partial charge in [0.1, 0.15) is 0 Å². The van der Waals surface area contributed by atoms with E-state index in [0.29, 0.717) is 10.5 Å². The van der Waals surface area contributed by atoms with Crippen LogP contribution in [0.1, 0.15) is 38.0 Å². The molecule has 0 atom stereocenters. The van der Waals surface area contributed by atoms with Gasteiger partial charge in [-0.3, -0.25) is 4.90 Å². The van der Waals surface area contributed by atoms with Gasteiger partial charge >= 0.3 is 0 Å². The quantitative estimate of drug-likeness (QED) is 0.921. The Bertz CT molecular complexity index is 345. The second-order valence-electron chi connectivity index (χ2n) is 5.11. The molecule has 0 amide bonds. The number of aromatic nitrogens is 1. The molecule has 0 spiro atoms. The highest BCUT2D eigenvalue weighted by molar-refractivity contribution is 7.15. The Hall–Kier alpha value is -0.320. The Morgan fingerprint density at radius 3 is 2.59 bits per heavy atom. The van der Waals surface area contributed by atoms with Crippen LogP contribution in [0.3, 0.4) is 0 Å². The summed E-state index contributed by atoms with van der Waals surface area (Å²) >= 11 is 1.61. The molecule has 98 valence electrons. The van der Waals surface area contributed by atoms with Crippen LogP contribution in [0.5, 0.6) is 0 Å². The third-order valence-corrected chi connectivity index (χ3v) is 4.68. The average Bonchev–Trinajstić information content (AvgIpc) is 2.68. The summed E-state index contributed by atoms with van der Waals surface area (Å²) in [5.74, 6) is 0. The van der Waals surface area contributed by atoms with Crippen LogP contribution in [0, 0.1) is 5.41 Å². The van der Waals surface area contributed by atoms with Gasteiger partial charge in [-0.25, -0.2) is 4.98 Å². The maximum absolute atomic E-state index is 5.64. The molecule has 1 aromatic rings. The second kappa shape index (κ2) is 6.03. The van der Waals surface area contributed by atoms with Crippen molar-refractivity contribution in [2.75, 3.05) is 18.8 Å². The highest BCUT2D eigenvalue weighted by Crippen LogP contribution is 2.34. The van der Waals surface area contributed by atoms with Crippen molar-refractivity contribution in [3.63, 3.8) is 0 Å². The van der Waals surface area contributed by atoms with Crippen molar-refractivity contribution in [1.82, 2.24) is 9.88 Å². The van der Waals surface area contributed by atoms with Crippen LogP contribution in [-0.4, -0.2) is 23.0 Å².